The number of hydrogen-bond donors (Lipinski definition) is 1. The molecule has 0 spiro atoms. The van der Waals surface area contributed by atoms with Gasteiger partial charge in [-0.05, 0) is 37.8 Å². The van der Waals surface area contributed by atoms with E-state index < -0.39 is 0 Å². The zero-order chi connectivity index (χ0) is 15.9. The van der Waals surface area contributed by atoms with Gasteiger partial charge in [0.25, 0.3) is 0 Å². The van der Waals surface area contributed by atoms with Crippen LogP contribution in [-0.4, -0.2) is 49.7 Å². The zero-order valence-corrected chi connectivity index (χ0v) is 16.9. The molecule has 6 heteroatoms. The number of piperidine rings is 1. The van der Waals surface area contributed by atoms with Crippen molar-refractivity contribution in [3.63, 3.8) is 0 Å². The number of aliphatic imine (C=N–C) groups is 1. The summed E-state index contributed by atoms with van der Waals surface area (Å²) in [5, 5.41) is 3.53. The third-order valence-corrected chi connectivity index (χ3v) is 4.73. The van der Waals surface area contributed by atoms with Crippen LogP contribution in [0.5, 0.6) is 0 Å². The van der Waals surface area contributed by atoms with Crippen molar-refractivity contribution in [2.75, 3.05) is 32.8 Å². The summed E-state index contributed by atoms with van der Waals surface area (Å²) in [5.41, 5.74) is 0. The molecule has 0 radical (unpaired) electrons. The third kappa shape index (κ3) is 5.37. The van der Waals surface area contributed by atoms with E-state index in [0.29, 0.717) is 12.0 Å². The number of ether oxygens (including phenoxy) is 1. The lowest BCUT2D eigenvalue weighted by molar-refractivity contribution is -0.0559. The number of nitrogens with one attached hydrogen (secondary N) is 1. The molecule has 3 heterocycles. The minimum atomic E-state index is 0. The Hall–Kier alpha value is -0.760. The lowest BCUT2D eigenvalue weighted by Gasteiger charge is -2.42. The predicted octanol–water partition coefficient (Wildman–Crippen LogP) is 3.30. The van der Waals surface area contributed by atoms with Crippen LogP contribution in [0.3, 0.4) is 0 Å². The summed E-state index contributed by atoms with van der Waals surface area (Å²) >= 11 is 0. The first-order valence-electron chi connectivity index (χ1n) is 9.04. The van der Waals surface area contributed by atoms with Crippen LogP contribution in [0.1, 0.15) is 38.4 Å². The Morgan fingerprint density at radius 3 is 3.12 bits per heavy atom. The summed E-state index contributed by atoms with van der Waals surface area (Å²) < 4.78 is 11.3. The SMILES string of the molecule is CCCN=C(NCCc1ccco1)N1CCC2OCCCC2C1.I. The second kappa shape index (κ2) is 10.3. The lowest BCUT2D eigenvalue weighted by Crippen LogP contribution is -2.52. The molecule has 2 fully saturated rings. The van der Waals surface area contributed by atoms with Crippen LogP contribution in [0.15, 0.2) is 27.8 Å². The Morgan fingerprint density at radius 1 is 1.42 bits per heavy atom. The molecule has 1 aromatic heterocycles. The summed E-state index contributed by atoms with van der Waals surface area (Å²) in [6.07, 6.45) is 7.77. The molecule has 2 atom stereocenters. The molecular weight excluding hydrogens is 417 g/mol. The van der Waals surface area contributed by atoms with Crippen molar-refractivity contribution in [3.05, 3.63) is 24.2 Å². The van der Waals surface area contributed by atoms with Gasteiger partial charge < -0.3 is 19.4 Å². The molecule has 136 valence electrons. The number of hydrogen-bond acceptors (Lipinski definition) is 3. The van der Waals surface area contributed by atoms with Crippen LogP contribution in [0, 0.1) is 5.92 Å². The number of guanidine groups is 1. The molecule has 2 aliphatic heterocycles. The van der Waals surface area contributed by atoms with Crippen molar-refractivity contribution < 1.29 is 9.15 Å². The van der Waals surface area contributed by atoms with E-state index in [1.165, 1.54) is 12.8 Å². The van der Waals surface area contributed by atoms with E-state index in [4.69, 9.17) is 14.1 Å². The zero-order valence-electron chi connectivity index (χ0n) is 14.6. The van der Waals surface area contributed by atoms with Gasteiger partial charge in [0.1, 0.15) is 5.76 Å². The van der Waals surface area contributed by atoms with E-state index in [-0.39, 0.29) is 24.0 Å². The minimum Gasteiger partial charge on any atom is -0.469 e. The fourth-order valence-electron chi connectivity index (χ4n) is 3.52. The summed E-state index contributed by atoms with van der Waals surface area (Å²) in [5.74, 6) is 2.74. The van der Waals surface area contributed by atoms with Crippen LogP contribution in [0.2, 0.25) is 0 Å². The predicted molar refractivity (Wildman–Crippen MR) is 107 cm³/mol. The van der Waals surface area contributed by atoms with E-state index in [1.54, 1.807) is 6.26 Å². The number of rotatable bonds is 5. The summed E-state index contributed by atoms with van der Waals surface area (Å²) in [4.78, 5) is 7.21. The number of halogens is 1. The van der Waals surface area contributed by atoms with Crippen LogP contribution in [0.4, 0.5) is 0 Å². The quantitative estimate of drug-likeness (QED) is 0.428. The molecule has 1 N–H and O–H groups in total. The van der Waals surface area contributed by atoms with Crippen molar-refractivity contribution in [2.24, 2.45) is 10.9 Å². The van der Waals surface area contributed by atoms with Crippen molar-refractivity contribution in [3.8, 4) is 0 Å². The topological polar surface area (TPSA) is 50.0 Å². The highest BCUT2D eigenvalue weighted by atomic mass is 127. The minimum absolute atomic E-state index is 0. The lowest BCUT2D eigenvalue weighted by atomic mass is 9.88. The largest absolute Gasteiger partial charge is 0.469 e. The second-order valence-corrected chi connectivity index (χ2v) is 6.51. The maximum absolute atomic E-state index is 5.92. The van der Waals surface area contributed by atoms with Crippen molar-refractivity contribution in [1.29, 1.82) is 0 Å². The average Bonchev–Trinajstić information content (AvgIpc) is 3.11. The van der Waals surface area contributed by atoms with Gasteiger partial charge in [-0.2, -0.15) is 0 Å². The standard InChI is InChI=1S/C18H29N3O2.HI/c1-2-9-19-18(20-10-7-16-6-4-12-22-16)21-11-8-17-15(14-21)5-3-13-23-17;/h4,6,12,15,17H,2-3,5,7-11,13-14H2,1H3,(H,19,20);1H. The smallest absolute Gasteiger partial charge is 0.193 e. The second-order valence-electron chi connectivity index (χ2n) is 6.51. The monoisotopic (exact) mass is 447 g/mol. The highest BCUT2D eigenvalue weighted by Gasteiger charge is 2.33. The van der Waals surface area contributed by atoms with Gasteiger partial charge in [-0.3, -0.25) is 4.99 Å². The first kappa shape index (κ1) is 19.6. The van der Waals surface area contributed by atoms with Gasteiger partial charge in [-0.15, -0.1) is 24.0 Å². The van der Waals surface area contributed by atoms with Crippen LogP contribution in [0.25, 0.3) is 0 Å². The molecule has 0 bridgehead atoms. The van der Waals surface area contributed by atoms with Crippen LogP contribution >= 0.6 is 24.0 Å². The van der Waals surface area contributed by atoms with E-state index in [2.05, 4.69) is 17.1 Å². The number of fused-ring (bicyclic) bond motifs is 1. The summed E-state index contributed by atoms with van der Waals surface area (Å²) in [6, 6.07) is 3.96. The molecule has 2 unspecified atom stereocenters. The van der Waals surface area contributed by atoms with Gasteiger partial charge >= 0.3 is 0 Å². The molecule has 0 saturated carbocycles. The summed E-state index contributed by atoms with van der Waals surface area (Å²) in [6.45, 7) is 6.96. The Balaban J connectivity index is 0.00000208. The van der Waals surface area contributed by atoms with E-state index in [0.717, 1.165) is 63.8 Å². The maximum Gasteiger partial charge on any atom is 0.193 e. The molecule has 3 rings (SSSR count). The first-order chi connectivity index (χ1) is 11.4. The number of nitrogens with zero attached hydrogens (tertiary/aromatic N) is 2. The first-order valence-corrected chi connectivity index (χ1v) is 9.04. The Morgan fingerprint density at radius 2 is 2.33 bits per heavy atom. The summed E-state index contributed by atoms with van der Waals surface area (Å²) in [7, 11) is 0. The fraction of sp³-hybridized carbons (Fsp3) is 0.722. The van der Waals surface area contributed by atoms with Crippen LogP contribution < -0.4 is 5.32 Å². The molecule has 0 aliphatic carbocycles. The number of furan rings is 1. The fourth-order valence-corrected chi connectivity index (χ4v) is 3.52. The highest BCUT2D eigenvalue weighted by Crippen LogP contribution is 2.28. The van der Waals surface area contributed by atoms with Gasteiger partial charge in [-0.1, -0.05) is 6.92 Å². The Bertz CT molecular complexity index is 492. The van der Waals surface area contributed by atoms with Crippen molar-refractivity contribution >= 4 is 29.9 Å². The molecule has 1 aromatic rings. The van der Waals surface area contributed by atoms with Gasteiger partial charge in [0, 0.05) is 45.1 Å². The van der Waals surface area contributed by atoms with E-state index in [9.17, 15) is 0 Å². The normalized spacial score (nSPS) is 24.2. The Labute approximate surface area is 162 Å². The maximum atomic E-state index is 5.92. The van der Waals surface area contributed by atoms with Gasteiger partial charge in [0.05, 0.1) is 12.4 Å². The third-order valence-electron chi connectivity index (χ3n) is 4.73. The van der Waals surface area contributed by atoms with Crippen LogP contribution in [-0.2, 0) is 11.2 Å². The highest BCUT2D eigenvalue weighted by molar-refractivity contribution is 14.0. The molecular formula is C18H30IN3O2. The Kier molecular flexibility index (Phi) is 8.38. The van der Waals surface area contributed by atoms with Crippen molar-refractivity contribution in [1.82, 2.24) is 10.2 Å². The van der Waals surface area contributed by atoms with E-state index in [1.807, 2.05) is 12.1 Å². The average molecular weight is 447 g/mol. The molecule has 5 nitrogen and oxygen atoms in total. The van der Waals surface area contributed by atoms with Crippen molar-refractivity contribution in [2.45, 2.75) is 45.1 Å². The van der Waals surface area contributed by atoms with Gasteiger partial charge in [0.2, 0.25) is 0 Å². The number of likely N-dealkylation sites (tertiary alicyclic amines) is 1. The van der Waals surface area contributed by atoms with Gasteiger partial charge in [0.15, 0.2) is 5.96 Å². The van der Waals surface area contributed by atoms with Gasteiger partial charge in [-0.25, -0.2) is 0 Å². The molecule has 24 heavy (non-hydrogen) atoms. The molecule has 0 amide bonds. The molecule has 2 saturated heterocycles. The molecule has 2 aliphatic rings. The van der Waals surface area contributed by atoms with E-state index >= 15 is 0 Å². The molecule has 0 aromatic carbocycles.